The minimum atomic E-state index is -3.15. The minimum Gasteiger partial charge on any atom is -0.465 e. The van der Waals surface area contributed by atoms with Gasteiger partial charge in [0.15, 0.2) is 0 Å². The summed E-state index contributed by atoms with van der Waals surface area (Å²) < 4.78 is 55.2. The lowest BCUT2D eigenvalue weighted by Crippen LogP contribution is -2.55. The van der Waals surface area contributed by atoms with Crippen molar-refractivity contribution in [3.63, 3.8) is 0 Å². The summed E-state index contributed by atoms with van der Waals surface area (Å²) in [7, 11) is 0. The van der Waals surface area contributed by atoms with Gasteiger partial charge in [-0.1, -0.05) is 29.8 Å². The molecule has 2 fully saturated rings. The predicted molar refractivity (Wildman–Crippen MR) is 178 cm³/mol. The number of nitrogens with zero attached hydrogens (tertiary/aromatic N) is 7. The first-order chi connectivity index (χ1) is 23.6. The quantitative estimate of drug-likeness (QED) is 0.319. The van der Waals surface area contributed by atoms with Gasteiger partial charge >= 0.3 is 18.2 Å². The summed E-state index contributed by atoms with van der Waals surface area (Å²) in [5.41, 5.74) is 1.16. The number of halogens is 4. The van der Waals surface area contributed by atoms with Gasteiger partial charge in [-0.05, 0) is 44.7 Å². The van der Waals surface area contributed by atoms with Crippen molar-refractivity contribution in [1.82, 2.24) is 19.8 Å². The molecule has 16 heteroatoms. The van der Waals surface area contributed by atoms with Crippen LogP contribution in [-0.2, 0) is 17.7 Å². The van der Waals surface area contributed by atoms with Crippen LogP contribution in [0.5, 0.6) is 6.01 Å². The first-order valence-electron chi connectivity index (χ1n) is 16.3. The smallest absolute Gasteiger partial charge is 0.410 e. The number of benzene rings is 2. The number of aromatic nitrogens is 2. The Bertz CT molecular complexity index is 1850. The molecule has 3 aliphatic heterocycles. The molecule has 0 radical (unpaired) electrons. The van der Waals surface area contributed by atoms with Crippen LogP contribution in [0.25, 0.3) is 10.8 Å². The fourth-order valence-corrected chi connectivity index (χ4v) is 7.07. The Morgan fingerprint density at radius 1 is 1.10 bits per heavy atom. The number of carbonyl (C=O) groups excluding carboxylic acids is 1. The molecule has 6 rings (SSSR count). The third-order valence-electron chi connectivity index (χ3n) is 9.04. The monoisotopic (exact) mass is 715 g/mol. The maximum absolute atomic E-state index is 14.6. The van der Waals surface area contributed by atoms with Crippen molar-refractivity contribution in [2.75, 3.05) is 49.1 Å². The average Bonchev–Trinajstić information content (AvgIpc) is 3.38. The number of rotatable bonds is 6. The summed E-state index contributed by atoms with van der Waals surface area (Å²) in [6.45, 7) is 5.13. The molecule has 3 aliphatic rings. The number of piperazine rings is 1. The normalized spacial score (nSPS) is 20.4. The van der Waals surface area contributed by atoms with E-state index in [9.17, 15) is 33.1 Å². The lowest BCUT2D eigenvalue weighted by molar-refractivity contribution is -0.00277. The van der Waals surface area contributed by atoms with Crippen LogP contribution in [0.4, 0.5) is 34.3 Å². The first kappa shape index (κ1) is 35.1. The number of ether oxygens (including phenoxy) is 2. The predicted octanol–water partition coefficient (Wildman–Crippen LogP) is 6.09. The molecule has 0 saturated carbocycles. The van der Waals surface area contributed by atoms with Gasteiger partial charge in [0.2, 0.25) is 0 Å². The Kier molecular flexibility index (Phi) is 9.51. The molecule has 0 unspecified atom stereocenters. The van der Waals surface area contributed by atoms with Gasteiger partial charge in [-0.2, -0.15) is 15.2 Å². The van der Waals surface area contributed by atoms with Crippen molar-refractivity contribution in [3.05, 3.63) is 52.4 Å². The molecule has 2 aromatic carbocycles. The molecule has 12 nitrogen and oxygen atoms in total. The number of hydrogen-bond donors (Lipinski definition) is 1. The van der Waals surface area contributed by atoms with E-state index in [0.717, 1.165) is 15.8 Å². The lowest BCUT2D eigenvalue weighted by Gasteiger charge is -2.41. The summed E-state index contributed by atoms with van der Waals surface area (Å²) >= 11 is 6.46. The molecule has 2 atom stereocenters. The SMILES string of the molecule is CC(C)(C)OC(=O)N1CC(F)(F)C[C@H]1COc1nc2c(c(N3CCN(C(=O)O)[C@@H](CC#N)C3)n1)CCN(c1cccc3ccc(F)c(Cl)c13)C2. The molecule has 0 spiro atoms. The van der Waals surface area contributed by atoms with Crippen LogP contribution < -0.4 is 14.5 Å². The fraction of sp³-hybridized carbons (Fsp3) is 0.500. The molecular weight excluding hydrogens is 679 g/mol. The highest BCUT2D eigenvalue weighted by atomic mass is 35.5. The van der Waals surface area contributed by atoms with Crippen LogP contribution in [0.1, 0.15) is 44.9 Å². The average molecular weight is 716 g/mol. The number of carbonyl (C=O) groups is 2. The number of amides is 2. The van der Waals surface area contributed by atoms with Gasteiger partial charge < -0.3 is 29.3 Å². The number of hydrogen-bond acceptors (Lipinski definition) is 9. The number of carboxylic acid groups (broad SMARTS) is 1. The standard InChI is InChI=1S/C34H37ClF3N7O5/c1-33(2,3)50-32(48)45-19-34(37,38)15-22(45)18-49-30-40-25-17-42(26-6-4-5-20-7-8-24(36)28(35)27(20)26)12-10-23(25)29(41-30)43-13-14-44(31(46)47)21(16-43)9-11-39/h4-8,21-22H,9-10,12-19H2,1-3H3,(H,46,47)/t21-,22-/m0/s1. The topological polar surface area (TPSA) is 135 Å². The van der Waals surface area contributed by atoms with E-state index in [1.807, 2.05) is 28.0 Å². The summed E-state index contributed by atoms with van der Waals surface area (Å²) in [4.78, 5) is 40.3. The van der Waals surface area contributed by atoms with E-state index >= 15 is 0 Å². The highest BCUT2D eigenvalue weighted by Gasteiger charge is 2.48. The fourth-order valence-electron chi connectivity index (χ4n) is 6.81. The van der Waals surface area contributed by atoms with Crippen molar-refractivity contribution >= 4 is 46.1 Å². The van der Waals surface area contributed by atoms with Gasteiger partial charge in [0, 0.05) is 49.2 Å². The molecule has 0 bridgehead atoms. The summed E-state index contributed by atoms with van der Waals surface area (Å²) in [6, 6.07) is 8.84. The third kappa shape index (κ3) is 7.26. The van der Waals surface area contributed by atoms with E-state index in [0.29, 0.717) is 35.6 Å². The summed E-state index contributed by atoms with van der Waals surface area (Å²) in [6.07, 6.45) is -2.21. The van der Waals surface area contributed by atoms with Gasteiger partial charge in [-0.3, -0.25) is 4.90 Å². The van der Waals surface area contributed by atoms with E-state index in [1.54, 1.807) is 26.8 Å². The highest BCUT2D eigenvalue weighted by molar-refractivity contribution is 6.36. The first-order valence-corrected chi connectivity index (χ1v) is 16.6. The molecule has 2 saturated heterocycles. The van der Waals surface area contributed by atoms with Gasteiger partial charge in [0.25, 0.3) is 5.92 Å². The molecule has 50 heavy (non-hydrogen) atoms. The van der Waals surface area contributed by atoms with E-state index < -0.39 is 54.6 Å². The second-order valence-electron chi connectivity index (χ2n) is 13.7. The summed E-state index contributed by atoms with van der Waals surface area (Å²) in [5.74, 6) is -3.21. The Labute approximate surface area is 291 Å². The molecule has 266 valence electrons. The lowest BCUT2D eigenvalue weighted by atomic mass is 10.0. The van der Waals surface area contributed by atoms with Crippen molar-refractivity contribution < 1.29 is 37.3 Å². The van der Waals surface area contributed by atoms with Crippen molar-refractivity contribution in [2.24, 2.45) is 0 Å². The Balaban J connectivity index is 1.34. The second-order valence-corrected chi connectivity index (χ2v) is 14.1. The van der Waals surface area contributed by atoms with E-state index in [1.165, 1.54) is 11.0 Å². The number of fused-ring (bicyclic) bond motifs is 2. The van der Waals surface area contributed by atoms with Crippen molar-refractivity contribution in [2.45, 2.75) is 70.2 Å². The largest absolute Gasteiger partial charge is 0.465 e. The molecule has 4 heterocycles. The maximum atomic E-state index is 14.6. The zero-order valence-electron chi connectivity index (χ0n) is 27.8. The zero-order chi connectivity index (χ0) is 36.0. The number of alkyl halides is 2. The van der Waals surface area contributed by atoms with Gasteiger partial charge in [-0.25, -0.2) is 22.8 Å². The van der Waals surface area contributed by atoms with Crippen molar-refractivity contribution in [3.8, 4) is 12.1 Å². The second kappa shape index (κ2) is 13.5. The van der Waals surface area contributed by atoms with Crippen LogP contribution in [0.3, 0.4) is 0 Å². The Morgan fingerprint density at radius 3 is 2.60 bits per heavy atom. The molecule has 3 aromatic rings. The zero-order valence-corrected chi connectivity index (χ0v) is 28.6. The Morgan fingerprint density at radius 2 is 1.88 bits per heavy atom. The van der Waals surface area contributed by atoms with E-state index in [4.69, 9.17) is 31.0 Å². The maximum Gasteiger partial charge on any atom is 0.410 e. The minimum absolute atomic E-state index is 0.000890. The number of anilines is 2. The van der Waals surface area contributed by atoms with E-state index in [2.05, 4.69) is 6.07 Å². The van der Waals surface area contributed by atoms with Crippen LogP contribution in [-0.4, -0.2) is 100.0 Å². The molecule has 2 amide bonds. The molecule has 0 aliphatic carbocycles. The third-order valence-corrected chi connectivity index (χ3v) is 9.41. The van der Waals surface area contributed by atoms with E-state index in [-0.39, 0.29) is 50.2 Å². The number of likely N-dealkylation sites (tertiary alicyclic amines) is 1. The van der Waals surface area contributed by atoms with Gasteiger partial charge in [-0.15, -0.1) is 0 Å². The summed E-state index contributed by atoms with van der Waals surface area (Å²) in [5, 5.41) is 20.5. The van der Waals surface area contributed by atoms with Gasteiger partial charge in [0.1, 0.15) is 23.8 Å². The van der Waals surface area contributed by atoms with Crippen LogP contribution >= 0.6 is 11.6 Å². The number of nitriles is 1. The van der Waals surface area contributed by atoms with Crippen molar-refractivity contribution in [1.29, 1.82) is 5.26 Å². The van der Waals surface area contributed by atoms with Crippen LogP contribution in [0.15, 0.2) is 30.3 Å². The van der Waals surface area contributed by atoms with Crippen LogP contribution in [0, 0.1) is 17.1 Å². The molecule has 1 aromatic heterocycles. The Hall–Kier alpha value is -4.71. The van der Waals surface area contributed by atoms with Gasteiger partial charge in [0.05, 0.1) is 48.4 Å². The molecular formula is C34H37ClF3N7O5. The highest BCUT2D eigenvalue weighted by Crippen LogP contribution is 2.39. The van der Waals surface area contributed by atoms with Crippen LogP contribution in [0.2, 0.25) is 5.02 Å². The molecule has 1 N–H and O–H groups in total.